The van der Waals surface area contributed by atoms with Crippen molar-refractivity contribution in [3.63, 3.8) is 0 Å². The number of aromatic nitrogens is 3. The predicted molar refractivity (Wildman–Crippen MR) is 148 cm³/mol. The number of rotatable bonds is 9. The van der Waals surface area contributed by atoms with Crippen LogP contribution >= 0.6 is 0 Å². The first-order valence-electron chi connectivity index (χ1n) is 13.2. The van der Waals surface area contributed by atoms with Crippen LogP contribution in [-0.2, 0) is 17.1 Å². The lowest BCUT2D eigenvalue weighted by molar-refractivity contribution is -0.138. The van der Waals surface area contributed by atoms with Gasteiger partial charge in [0.05, 0.1) is 22.9 Å². The fourth-order valence-electron chi connectivity index (χ4n) is 4.86. The van der Waals surface area contributed by atoms with Crippen molar-refractivity contribution in [3.8, 4) is 22.9 Å². The van der Waals surface area contributed by atoms with Crippen molar-refractivity contribution in [1.82, 2.24) is 25.0 Å². The van der Waals surface area contributed by atoms with Gasteiger partial charge in [-0.05, 0) is 29.8 Å². The van der Waals surface area contributed by atoms with E-state index < -0.39 is 69.2 Å². The summed E-state index contributed by atoms with van der Waals surface area (Å²) >= 11 is 0. The Bertz CT molecular complexity index is 1770. The van der Waals surface area contributed by atoms with Crippen molar-refractivity contribution in [2.45, 2.75) is 30.9 Å². The van der Waals surface area contributed by atoms with Crippen LogP contribution in [0.25, 0.3) is 11.3 Å². The summed E-state index contributed by atoms with van der Waals surface area (Å²) in [6.45, 7) is 0.690. The molecule has 1 aliphatic heterocycles. The Morgan fingerprint density at radius 3 is 2.49 bits per heavy atom. The zero-order chi connectivity index (χ0) is 32.3. The lowest BCUT2D eigenvalue weighted by Gasteiger charge is -2.26. The fourth-order valence-corrected chi connectivity index (χ4v) is 5.34. The minimum Gasteiger partial charge on any atom is -0.435 e. The van der Waals surface area contributed by atoms with Gasteiger partial charge in [-0.25, -0.2) is 41.3 Å². The minimum atomic E-state index is -5.03. The fraction of sp³-hybridized carbons (Fsp3) is 0.250. The molecule has 17 heteroatoms. The van der Waals surface area contributed by atoms with Crippen LogP contribution in [0, 0.1) is 17.5 Å². The van der Waals surface area contributed by atoms with Crippen LogP contribution in [-0.4, -0.2) is 48.7 Å². The molecule has 0 radical (unpaired) electrons. The van der Waals surface area contributed by atoms with E-state index in [0.29, 0.717) is 18.7 Å². The molecule has 5 rings (SSSR count). The molecule has 1 aliphatic rings. The van der Waals surface area contributed by atoms with Crippen LogP contribution < -0.4 is 20.1 Å². The number of nitrogens with one attached hydrogen (secondary N) is 3. The van der Waals surface area contributed by atoms with Crippen molar-refractivity contribution < 1.29 is 43.9 Å². The normalized spacial score (nSPS) is 17.7. The number of ether oxygens (including phenoxy) is 1. The summed E-state index contributed by atoms with van der Waals surface area (Å²) < 4.78 is 131. The summed E-state index contributed by atoms with van der Waals surface area (Å²) in [4.78, 5) is 12.5. The number of thiol groups is 1. The molecule has 3 heterocycles. The van der Waals surface area contributed by atoms with E-state index >= 15 is 13.2 Å². The SMILES string of the molecule is O=[SH](=O)NC(c1ccccc1C(F)(F)F)c1c(F)cc(Oc2ncccc2-c2ccnc(N[C@@H]3CNC[C@@H](F)C3)n2)c(F)c1F. The minimum absolute atomic E-state index is 0.130. The predicted octanol–water partition coefficient (Wildman–Crippen LogP) is 5.08. The monoisotopic (exact) mass is 656 g/mol. The van der Waals surface area contributed by atoms with Crippen LogP contribution in [0.1, 0.15) is 29.2 Å². The molecule has 0 saturated carbocycles. The van der Waals surface area contributed by atoms with Gasteiger partial charge in [-0.1, -0.05) is 18.2 Å². The van der Waals surface area contributed by atoms with Crippen LogP contribution in [0.2, 0.25) is 0 Å². The third-order valence-electron chi connectivity index (χ3n) is 6.80. The number of halogens is 7. The highest BCUT2D eigenvalue weighted by atomic mass is 32.2. The number of piperidine rings is 1. The van der Waals surface area contributed by atoms with Crippen LogP contribution in [0.4, 0.5) is 36.7 Å². The standard InChI is InChI=1S/C28H23F7N6O3S/c29-14-10-15(13-36-12-14)39-27-38-9-7-20(40-27)17-5-3-8-37-26(17)44-21-11-19(30)22(24(32)23(21)31)25(41-45(42)43)16-4-1-2-6-18(16)28(33,34)35/h1-9,11,14-15,25,36,45H,10,12-13H2,(H,38,39,40)(H,41,42,43)/t14-,15-,25?/m0/s1. The molecule has 45 heavy (non-hydrogen) atoms. The number of hydrogen-bond acceptors (Lipinski definition) is 8. The van der Waals surface area contributed by atoms with Crippen molar-refractivity contribution in [2.75, 3.05) is 18.4 Å². The Labute approximate surface area is 253 Å². The maximum atomic E-state index is 15.5. The molecule has 9 nitrogen and oxygen atoms in total. The molecule has 1 fully saturated rings. The number of nitrogens with zero attached hydrogens (tertiary/aromatic N) is 3. The van der Waals surface area contributed by atoms with E-state index in [1.165, 1.54) is 30.6 Å². The second kappa shape index (κ2) is 13.3. The summed E-state index contributed by atoms with van der Waals surface area (Å²) in [5.74, 6) is -6.67. The first kappa shape index (κ1) is 32.1. The maximum Gasteiger partial charge on any atom is 0.416 e. The summed E-state index contributed by atoms with van der Waals surface area (Å²) in [5, 5.41) is 5.94. The van der Waals surface area contributed by atoms with Gasteiger partial charge in [0.15, 0.2) is 11.6 Å². The van der Waals surface area contributed by atoms with Gasteiger partial charge in [-0.3, -0.25) is 0 Å². The molecule has 238 valence electrons. The first-order chi connectivity index (χ1) is 21.4. The average molecular weight is 657 g/mol. The summed E-state index contributed by atoms with van der Waals surface area (Å²) in [7, 11) is -3.71. The molecule has 4 aromatic rings. The summed E-state index contributed by atoms with van der Waals surface area (Å²) in [6, 6.07) is 5.67. The molecular weight excluding hydrogens is 633 g/mol. The highest BCUT2D eigenvalue weighted by molar-refractivity contribution is 7.70. The third-order valence-corrected chi connectivity index (χ3v) is 7.27. The molecule has 2 aromatic heterocycles. The number of alkyl halides is 4. The molecule has 0 spiro atoms. The topological polar surface area (TPSA) is 118 Å². The average Bonchev–Trinajstić information content (AvgIpc) is 2.99. The Kier molecular flexibility index (Phi) is 9.50. The van der Waals surface area contributed by atoms with Crippen LogP contribution in [0.3, 0.4) is 0 Å². The number of pyridine rings is 1. The molecule has 0 aliphatic carbocycles. The van der Waals surface area contributed by atoms with Gasteiger partial charge < -0.3 is 15.4 Å². The van der Waals surface area contributed by atoms with Crippen molar-refractivity contribution in [2.24, 2.45) is 0 Å². The first-order valence-corrected chi connectivity index (χ1v) is 14.4. The summed E-state index contributed by atoms with van der Waals surface area (Å²) in [5.41, 5.74) is -3.24. The highest BCUT2D eigenvalue weighted by Crippen LogP contribution is 2.40. The molecule has 1 unspecified atom stereocenters. The van der Waals surface area contributed by atoms with Gasteiger partial charge in [0.1, 0.15) is 12.0 Å². The van der Waals surface area contributed by atoms with E-state index in [1.54, 1.807) is 4.72 Å². The van der Waals surface area contributed by atoms with Crippen LogP contribution in [0.15, 0.2) is 60.9 Å². The molecule has 0 bridgehead atoms. The lowest BCUT2D eigenvalue weighted by Crippen LogP contribution is -2.44. The van der Waals surface area contributed by atoms with Crippen molar-refractivity contribution >= 4 is 16.8 Å². The van der Waals surface area contributed by atoms with Crippen LogP contribution in [0.5, 0.6) is 11.6 Å². The molecule has 3 N–H and O–H groups in total. The van der Waals surface area contributed by atoms with E-state index in [-0.39, 0.29) is 42.1 Å². The second-order valence-corrected chi connectivity index (χ2v) is 10.6. The largest absolute Gasteiger partial charge is 0.435 e. The zero-order valence-electron chi connectivity index (χ0n) is 22.8. The van der Waals surface area contributed by atoms with Gasteiger partial charge in [-0.2, -0.15) is 17.6 Å². The Hall–Kier alpha value is -4.35. The van der Waals surface area contributed by atoms with E-state index in [2.05, 4.69) is 25.6 Å². The van der Waals surface area contributed by atoms with Gasteiger partial charge >= 0.3 is 6.18 Å². The summed E-state index contributed by atoms with van der Waals surface area (Å²) in [6.07, 6.45) is -3.25. The van der Waals surface area contributed by atoms with Gasteiger partial charge in [-0.15, -0.1) is 0 Å². The molecule has 2 aromatic carbocycles. The quantitative estimate of drug-likeness (QED) is 0.112. The molecule has 0 amide bonds. The number of benzene rings is 2. The van der Waals surface area contributed by atoms with E-state index in [0.717, 1.165) is 18.2 Å². The van der Waals surface area contributed by atoms with E-state index in [9.17, 15) is 26.0 Å². The smallest absolute Gasteiger partial charge is 0.416 e. The second-order valence-electron chi connectivity index (χ2n) is 9.86. The van der Waals surface area contributed by atoms with Crippen molar-refractivity contribution in [1.29, 1.82) is 0 Å². The van der Waals surface area contributed by atoms with Crippen molar-refractivity contribution in [3.05, 3.63) is 95.1 Å². The molecule has 3 atom stereocenters. The van der Waals surface area contributed by atoms with Gasteiger partial charge in [0, 0.05) is 49.6 Å². The maximum absolute atomic E-state index is 15.5. The molecule has 1 saturated heterocycles. The van der Waals surface area contributed by atoms with Gasteiger partial charge in [0.2, 0.25) is 28.5 Å². The molecular formula is C28H23F7N6O3S. The Morgan fingerprint density at radius 2 is 1.76 bits per heavy atom. The third kappa shape index (κ3) is 7.32. The Morgan fingerprint density at radius 1 is 0.978 bits per heavy atom. The van der Waals surface area contributed by atoms with E-state index in [1.807, 2.05) is 0 Å². The highest BCUT2D eigenvalue weighted by Gasteiger charge is 2.38. The number of hydrogen-bond donors (Lipinski definition) is 4. The van der Waals surface area contributed by atoms with Gasteiger partial charge in [0.25, 0.3) is 0 Å². The lowest BCUT2D eigenvalue weighted by atomic mass is 9.93. The number of anilines is 1. The zero-order valence-corrected chi connectivity index (χ0v) is 23.7. The van der Waals surface area contributed by atoms with E-state index in [4.69, 9.17) is 4.74 Å². The Balaban J connectivity index is 1.50.